The Labute approximate surface area is 188 Å². The quantitative estimate of drug-likeness (QED) is 0.336. The Hall–Kier alpha value is -4.94. The molecule has 4 heterocycles. The average Bonchev–Trinajstić information content (AvgIpc) is 3.42. The predicted octanol–water partition coefficient (Wildman–Crippen LogP) is 0.953. The number of fused-ring (bicyclic) bond motifs is 2. The Morgan fingerprint density at radius 2 is 1.88 bits per heavy atom. The highest BCUT2D eigenvalue weighted by Gasteiger charge is 2.20. The van der Waals surface area contributed by atoms with Gasteiger partial charge in [0, 0.05) is 25.0 Å². The number of nitrogens with one attached hydrogen (secondary N) is 3. The summed E-state index contributed by atoms with van der Waals surface area (Å²) in [6.07, 6.45) is 3.97. The van der Waals surface area contributed by atoms with Crippen molar-refractivity contribution in [1.29, 1.82) is 0 Å². The summed E-state index contributed by atoms with van der Waals surface area (Å²) in [5.41, 5.74) is 1.01. The van der Waals surface area contributed by atoms with Crippen LogP contribution in [0.1, 0.15) is 32.4 Å². The van der Waals surface area contributed by atoms with E-state index in [2.05, 4.69) is 35.7 Å². The lowest BCUT2D eigenvalue weighted by atomic mass is 10.2. The first-order valence-corrected chi connectivity index (χ1v) is 9.96. The molecule has 3 N–H and O–H groups in total. The number of H-pyrrole nitrogens is 1. The van der Waals surface area contributed by atoms with Crippen LogP contribution in [0.3, 0.4) is 0 Å². The van der Waals surface area contributed by atoms with Crippen LogP contribution in [-0.4, -0.2) is 41.4 Å². The molecule has 12 nitrogen and oxygen atoms in total. The molecule has 34 heavy (non-hydrogen) atoms. The number of halogens is 1. The molecular weight excluding hydrogens is 447 g/mol. The topological polar surface area (TPSA) is 160 Å². The second-order valence-corrected chi connectivity index (χ2v) is 7.13. The maximum atomic E-state index is 14.2. The van der Waals surface area contributed by atoms with Gasteiger partial charge < -0.3 is 15.1 Å². The minimum Gasteiger partial charge on any atom is -0.408 e. The van der Waals surface area contributed by atoms with Crippen LogP contribution in [0.2, 0.25) is 0 Å². The van der Waals surface area contributed by atoms with E-state index >= 15 is 0 Å². The molecule has 4 aromatic heterocycles. The standard InChI is InChI=1S/C21H15FN8O4/c22-12-9-27-30-15(20(32)26-10-17-23-4-1-5-24-17)7-14(28-18(12)30)19(31)25-8-11-2-3-16-13(6-11)29-21(33)34-16/h1-7,9H,8,10H2,(H,25,31)(H,26,32)(H,29,33). The molecule has 13 heteroatoms. The molecule has 0 fully saturated rings. The fourth-order valence-electron chi connectivity index (χ4n) is 3.27. The zero-order valence-electron chi connectivity index (χ0n) is 17.3. The van der Waals surface area contributed by atoms with Gasteiger partial charge in [0.15, 0.2) is 17.0 Å². The molecule has 2 amide bonds. The van der Waals surface area contributed by atoms with E-state index in [9.17, 15) is 18.8 Å². The largest absolute Gasteiger partial charge is 0.417 e. The Morgan fingerprint density at radius 3 is 2.71 bits per heavy atom. The van der Waals surface area contributed by atoms with E-state index < -0.39 is 23.4 Å². The smallest absolute Gasteiger partial charge is 0.408 e. The number of amides is 2. The van der Waals surface area contributed by atoms with Crippen molar-refractivity contribution in [1.82, 2.24) is 40.2 Å². The lowest BCUT2D eigenvalue weighted by Crippen LogP contribution is -2.29. The first-order chi connectivity index (χ1) is 16.5. The monoisotopic (exact) mass is 462 g/mol. The van der Waals surface area contributed by atoms with Gasteiger partial charge in [0.1, 0.15) is 17.2 Å². The molecule has 0 spiro atoms. The van der Waals surface area contributed by atoms with Gasteiger partial charge in [-0.1, -0.05) is 6.07 Å². The summed E-state index contributed by atoms with van der Waals surface area (Å²) in [5.74, 6) is -2.25. The normalized spacial score (nSPS) is 11.1. The average molecular weight is 462 g/mol. The van der Waals surface area contributed by atoms with E-state index in [1.54, 1.807) is 24.3 Å². The van der Waals surface area contributed by atoms with Crippen LogP contribution in [0.5, 0.6) is 0 Å². The van der Waals surface area contributed by atoms with Gasteiger partial charge >= 0.3 is 5.76 Å². The van der Waals surface area contributed by atoms with Gasteiger partial charge in [0.05, 0.1) is 18.3 Å². The number of hydrogen-bond donors (Lipinski definition) is 3. The van der Waals surface area contributed by atoms with E-state index in [-0.39, 0.29) is 30.1 Å². The van der Waals surface area contributed by atoms with E-state index in [4.69, 9.17) is 4.42 Å². The number of rotatable bonds is 6. The summed E-state index contributed by atoms with van der Waals surface area (Å²) in [5, 5.41) is 9.11. The SMILES string of the molecule is O=C(NCc1ccc2oc(=O)[nH]c2c1)c1cc(C(=O)NCc2ncccn2)n2ncc(F)c2n1. The van der Waals surface area contributed by atoms with Crippen LogP contribution in [0.4, 0.5) is 4.39 Å². The number of oxazole rings is 1. The van der Waals surface area contributed by atoms with Crippen LogP contribution in [0.15, 0.2) is 58.1 Å². The number of carbonyl (C=O) groups excluding carboxylic acids is 2. The van der Waals surface area contributed by atoms with Crippen LogP contribution in [0, 0.1) is 5.82 Å². The number of aromatic nitrogens is 6. The minimum atomic E-state index is -0.788. The van der Waals surface area contributed by atoms with Crippen molar-refractivity contribution >= 4 is 28.6 Å². The summed E-state index contributed by atoms with van der Waals surface area (Å²) >= 11 is 0. The van der Waals surface area contributed by atoms with Gasteiger partial charge in [-0.3, -0.25) is 14.6 Å². The summed E-state index contributed by atoms with van der Waals surface area (Å²) in [6.45, 7) is 0.108. The van der Waals surface area contributed by atoms with E-state index in [0.29, 0.717) is 22.5 Å². The van der Waals surface area contributed by atoms with Crippen LogP contribution < -0.4 is 16.4 Å². The lowest BCUT2D eigenvalue weighted by molar-refractivity contribution is 0.0941. The Balaban J connectivity index is 1.37. The number of aromatic amines is 1. The third-order valence-corrected chi connectivity index (χ3v) is 4.86. The molecule has 5 rings (SSSR count). The van der Waals surface area contributed by atoms with Crippen molar-refractivity contribution in [2.24, 2.45) is 0 Å². The molecule has 5 aromatic rings. The molecule has 0 unspecified atom stereocenters. The zero-order valence-corrected chi connectivity index (χ0v) is 17.3. The molecule has 1 aromatic carbocycles. The van der Waals surface area contributed by atoms with Gasteiger partial charge in [-0.2, -0.15) is 5.10 Å². The summed E-state index contributed by atoms with van der Waals surface area (Å²) in [6, 6.07) is 7.78. The fraction of sp³-hybridized carbons (Fsp3) is 0.0952. The minimum absolute atomic E-state index is 0.0212. The summed E-state index contributed by atoms with van der Waals surface area (Å²) < 4.78 is 20.2. The van der Waals surface area contributed by atoms with Crippen molar-refractivity contribution in [3.05, 3.63) is 88.1 Å². The zero-order chi connectivity index (χ0) is 23.7. The number of hydrogen-bond acceptors (Lipinski definition) is 8. The second kappa shape index (κ2) is 8.54. The van der Waals surface area contributed by atoms with E-state index in [1.807, 2.05) is 0 Å². The first kappa shape index (κ1) is 20.9. The highest BCUT2D eigenvalue weighted by atomic mass is 19.1. The molecule has 0 bridgehead atoms. The lowest BCUT2D eigenvalue weighted by Gasteiger charge is -2.09. The molecule has 0 radical (unpaired) electrons. The Morgan fingerprint density at radius 1 is 1.09 bits per heavy atom. The molecular formula is C21H15FN8O4. The Kier molecular flexibility index (Phi) is 5.26. The van der Waals surface area contributed by atoms with Crippen LogP contribution in [-0.2, 0) is 13.1 Å². The highest BCUT2D eigenvalue weighted by molar-refractivity contribution is 5.98. The number of carbonyl (C=O) groups is 2. The Bertz CT molecular complexity index is 1590. The van der Waals surface area contributed by atoms with Gasteiger partial charge in [0.2, 0.25) is 0 Å². The molecule has 0 saturated carbocycles. The first-order valence-electron chi connectivity index (χ1n) is 9.96. The third kappa shape index (κ3) is 4.09. The van der Waals surface area contributed by atoms with Crippen molar-refractivity contribution in [2.75, 3.05) is 0 Å². The van der Waals surface area contributed by atoms with Crippen molar-refractivity contribution < 1.29 is 18.4 Å². The van der Waals surface area contributed by atoms with Crippen molar-refractivity contribution in [2.45, 2.75) is 13.1 Å². The highest BCUT2D eigenvalue weighted by Crippen LogP contribution is 2.14. The summed E-state index contributed by atoms with van der Waals surface area (Å²) in [7, 11) is 0. The molecule has 170 valence electrons. The predicted molar refractivity (Wildman–Crippen MR) is 114 cm³/mol. The maximum Gasteiger partial charge on any atom is 0.417 e. The number of nitrogens with zero attached hydrogens (tertiary/aromatic N) is 5. The fourth-order valence-corrected chi connectivity index (χ4v) is 3.27. The van der Waals surface area contributed by atoms with Crippen LogP contribution in [0.25, 0.3) is 16.7 Å². The van der Waals surface area contributed by atoms with Crippen molar-refractivity contribution in [3.8, 4) is 0 Å². The summed E-state index contributed by atoms with van der Waals surface area (Å²) in [4.78, 5) is 51.4. The molecule has 0 aliphatic heterocycles. The van der Waals surface area contributed by atoms with Gasteiger partial charge in [-0.25, -0.2) is 28.7 Å². The van der Waals surface area contributed by atoms with Gasteiger partial charge in [-0.15, -0.1) is 0 Å². The third-order valence-electron chi connectivity index (χ3n) is 4.86. The van der Waals surface area contributed by atoms with E-state index in [1.165, 1.54) is 18.5 Å². The molecule has 0 aliphatic rings. The molecule has 0 aliphatic carbocycles. The van der Waals surface area contributed by atoms with E-state index in [0.717, 1.165) is 10.7 Å². The second-order valence-electron chi connectivity index (χ2n) is 7.13. The van der Waals surface area contributed by atoms with Gasteiger partial charge in [0.25, 0.3) is 11.8 Å². The maximum absolute atomic E-state index is 14.2. The van der Waals surface area contributed by atoms with Crippen molar-refractivity contribution in [3.63, 3.8) is 0 Å². The van der Waals surface area contributed by atoms with Crippen LogP contribution >= 0.6 is 0 Å². The number of benzene rings is 1. The van der Waals surface area contributed by atoms with Gasteiger partial charge in [-0.05, 0) is 23.8 Å². The molecule has 0 saturated heterocycles. The molecule has 0 atom stereocenters.